The molecule has 3 rings (SSSR count). The fourth-order valence-electron chi connectivity index (χ4n) is 3.51. The van der Waals surface area contributed by atoms with E-state index in [0.29, 0.717) is 0 Å². The van der Waals surface area contributed by atoms with Gasteiger partial charge in [0.15, 0.2) is 0 Å². The number of aryl methyl sites for hydroxylation is 2. The first kappa shape index (κ1) is 17.0. The molecular formula is C21H21NO3. The van der Waals surface area contributed by atoms with Gasteiger partial charge in [0.1, 0.15) is 0 Å². The molecule has 1 heterocycles. The summed E-state index contributed by atoms with van der Waals surface area (Å²) < 4.78 is 4.62. The van der Waals surface area contributed by atoms with Crippen LogP contribution in [0, 0.1) is 13.8 Å². The van der Waals surface area contributed by atoms with Crippen LogP contribution < -0.4 is 0 Å². The van der Waals surface area contributed by atoms with Gasteiger partial charge < -0.3 is 9.72 Å². The number of hydrogen-bond donors (Lipinski definition) is 1. The van der Waals surface area contributed by atoms with E-state index in [9.17, 15) is 9.59 Å². The zero-order valence-corrected chi connectivity index (χ0v) is 14.6. The molecule has 25 heavy (non-hydrogen) atoms. The Labute approximate surface area is 146 Å². The van der Waals surface area contributed by atoms with Crippen molar-refractivity contribution in [3.63, 3.8) is 0 Å². The maximum atomic E-state index is 12.3. The zero-order valence-electron chi connectivity index (χ0n) is 14.6. The van der Waals surface area contributed by atoms with Crippen molar-refractivity contribution in [3.05, 3.63) is 70.9 Å². The van der Waals surface area contributed by atoms with E-state index in [-0.39, 0.29) is 12.3 Å². The predicted molar refractivity (Wildman–Crippen MR) is 97.7 cm³/mol. The van der Waals surface area contributed by atoms with Crippen LogP contribution in [0.1, 0.15) is 34.6 Å². The highest BCUT2D eigenvalue weighted by molar-refractivity contribution is 6.33. The van der Waals surface area contributed by atoms with Crippen LogP contribution in [0.25, 0.3) is 10.9 Å². The summed E-state index contributed by atoms with van der Waals surface area (Å²) in [7, 11) is 1.24. The SMILES string of the molecule is COC(=O)C(=O)C[C@H](c1c(C)cccc1C)c1c[nH]c2ccccc12. The van der Waals surface area contributed by atoms with Gasteiger partial charge in [0.25, 0.3) is 0 Å². The molecule has 0 saturated carbocycles. The molecule has 0 bridgehead atoms. The molecule has 0 saturated heterocycles. The van der Waals surface area contributed by atoms with E-state index in [2.05, 4.69) is 9.72 Å². The summed E-state index contributed by atoms with van der Waals surface area (Å²) in [4.78, 5) is 27.3. The van der Waals surface area contributed by atoms with Crippen molar-refractivity contribution in [2.45, 2.75) is 26.2 Å². The van der Waals surface area contributed by atoms with Crippen molar-refractivity contribution >= 4 is 22.7 Å². The van der Waals surface area contributed by atoms with Crippen LogP contribution in [0.2, 0.25) is 0 Å². The number of aromatic amines is 1. The van der Waals surface area contributed by atoms with E-state index in [1.54, 1.807) is 0 Å². The number of ether oxygens (including phenoxy) is 1. The number of aromatic nitrogens is 1. The van der Waals surface area contributed by atoms with Crippen molar-refractivity contribution in [2.75, 3.05) is 7.11 Å². The molecule has 0 spiro atoms. The third-order valence-electron chi connectivity index (χ3n) is 4.69. The Morgan fingerprint density at radius 3 is 2.40 bits per heavy atom. The second-order valence-corrected chi connectivity index (χ2v) is 6.27. The van der Waals surface area contributed by atoms with E-state index in [1.165, 1.54) is 7.11 Å². The maximum Gasteiger partial charge on any atom is 0.374 e. The highest BCUT2D eigenvalue weighted by Gasteiger charge is 2.27. The van der Waals surface area contributed by atoms with Crippen molar-refractivity contribution < 1.29 is 14.3 Å². The number of H-pyrrole nitrogens is 1. The van der Waals surface area contributed by atoms with Crippen molar-refractivity contribution in [1.29, 1.82) is 0 Å². The number of Topliss-reactive ketones (excluding diaryl/α,β-unsaturated/α-hetero) is 1. The maximum absolute atomic E-state index is 12.3. The number of fused-ring (bicyclic) bond motifs is 1. The van der Waals surface area contributed by atoms with Gasteiger partial charge in [0.2, 0.25) is 5.78 Å². The molecule has 4 heteroatoms. The highest BCUT2D eigenvalue weighted by atomic mass is 16.5. The molecule has 1 aromatic heterocycles. The molecule has 0 amide bonds. The van der Waals surface area contributed by atoms with Crippen LogP contribution in [-0.4, -0.2) is 23.8 Å². The van der Waals surface area contributed by atoms with Gasteiger partial charge in [-0.25, -0.2) is 4.79 Å². The minimum Gasteiger partial charge on any atom is -0.463 e. The van der Waals surface area contributed by atoms with Crippen molar-refractivity contribution in [2.24, 2.45) is 0 Å². The number of rotatable bonds is 5. The van der Waals surface area contributed by atoms with Gasteiger partial charge in [-0.3, -0.25) is 4.79 Å². The summed E-state index contributed by atoms with van der Waals surface area (Å²) in [6.07, 6.45) is 2.02. The summed E-state index contributed by atoms with van der Waals surface area (Å²) in [6.45, 7) is 4.07. The second kappa shape index (κ2) is 6.93. The summed E-state index contributed by atoms with van der Waals surface area (Å²) in [5.41, 5.74) is 5.33. The normalized spacial score (nSPS) is 12.1. The molecule has 3 aromatic rings. The van der Waals surface area contributed by atoms with Crippen LogP contribution in [0.3, 0.4) is 0 Å². The minimum absolute atomic E-state index is 0.0835. The molecule has 1 N–H and O–H groups in total. The number of hydrogen-bond acceptors (Lipinski definition) is 3. The Balaban J connectivity index is 2.15. The molecule has 2 aromatic carbocycles. The summed E-state index contributed by atoms with van der Waals surface area (Å²) in [6, 6.07) is 14.1. The number of carbonyl (C=O) groups is 2. The number of esters is 1. The number of benzene rings is 2. The molecular weight excluding hydrogens is 314 g/mol. The Morgan fingerprint density at radius 2 is 1.72 bits per heavy atom. The van der Waals surface area contributed by atoms with Crippen LogP contribution >= 0.6 is 0 Å². The quantitative estimate of drug-likeness (QED) is 0.565. The lowest BCUT2D eigenvalue weighted by Crippen LogP contribution is -2.20. The van der Waals surface area contributed by atoms with Gasteiger partial charge in [0.05, 0.1) is 7.11 Å². The largest absolute Gasteiger partial charge is 0.463 e. The Morgan fingerprint density at radius 1 is 1.04 bits per heavy atom. The molecule has 0 aliphatic rings. The van der Waals surface area contributed by atoms with Crippen LogP contribution in [0.5, 0.6) is 0 Å². The predicted octanol–water partition coefficient (Wildman–Crippen LogP) is 4.05. The fourth-order valence-corrected chi connectivity index (χ4v) is 3.51. The van der Waals surface area contributed by atoms with Crippen LogP contribution in [-0.2, 0) is 14.3 Å². The third kappa shape index (κ3) is 3.20. The summed E-state index contributed by atoms with van der Waals surface area (Å²) in [5, 5.41) is 1.06. The molecule has 0 radical (unpaired) electrons. The Kier molecular flexibility index (Phi) is 4.70. The first-order valence-corrected chi connectivity index (χ1v) is 8.26. The molecule has 4 nitrogen and oxygen atoms in total. The topological polar surface area (TPSA) is 59.2 Å². The van der Waals surface area contributed by atoms with Gasteiger partial charge in [-0.2, -0.15) is 0 Å². The van der Waals surface area contributed by atoms with Gasteiger partial charge >= 0.3 is 5.97 Å². The number of ketones is 1. The van der Waals surface area contributed by atoms with Gasteiger partial charge in [-0.1, -0.05) is 36.4 Å². The third-order valence-corrected chi connectivity index (χ3v) is 4.69. The molecule has 0 fully saturated rings. The minimum atomic E-state index is -0.795. The van der Waals surface area contributed by atoms with E-state index in [0.717, 1.165) is 33.2 Å². The average Bonchev–Trinajstić information content (AvgIpc) is 3.03. The van der Waals surface area contributed by atoms with Gasteiger partial charge in [-0.15, -0.1) is 0 Å². The lowest BCUT2D eigenvalue weighted by Gasteiger charge is -2.21. The summed E-state index contributed by atoms with van der Waals surface area (Å²) >= 11 is 0. The van der Waals surface area contributed by atoms with E-state index >= 15 is 0 Å². The standard InChI is InChI=1S/C21H21NO3/c1-13-7-6-8-14(2)20(13)16(11-19(23)21(24)25-3)17-12-22-18-10-5-4-9-15(17)18/h4-10,12,16,22H,11H2,1-3H3/t16-/m0/s1. The Bertz CT molecular complexity index is 919. The highest BCUT2D eigenvalue weighted by Crippen LogP contribution is 2.36. The van der Waals surface area contributed by atoms with Gasteiger partial charge in [0, 0.05) is 29.4 Å². The number of methoxy groups -OCH3 is 1. The molecule has 0 unspecified atom stereocenters. The number of nitrogens with one attached hydrogen (secondary N) is 1. The molecule has 1 atom stereocenters. The van der Waals surface area contributed by atoms with E-state index in [1.807, 2.05) is 62.5 Å². The fraction of sp³-hybridized carbons (Fsp3) is 0.238. The van der Waals surface area contributed by atoms with E-state index in [4.69, 9.17) is 0 Å². The van der Waals surface area contributed by atoms with Crippen molar-refractivity contribution in [1.82, 2.24) is 4.98 Å². The first-order valence-electron chi connectivity index (χ1n) is 8.26. The number of carbonyl (C=O) groups excluding carboxylic acids is 2. The zero-order chi connectivity index (χ0) is 18.0. The summed E-state index contributed by atoms with van der Waals surface area (Å²) in [5.74, 6) is -1.51. The Hall–Kier alpha value is -2.88. The first-order chi connectivity index (χ1) is 12.0. The second-order valence-electron chi connectivity index (χ2n) is 6.27. The molecule has 0 aliphatic carbocycles. The lowest BCUT2D eigenvalue weighted by molar-refractivity contribution is -0.151. The average molecular weight is 335 g/mol. The van der Waals surface area contributed by atoms with Gasteiger partial charge in [-0.05, 0) is 42.2 Å². The van der Waals surface area contributed by atoms with Crippen LogP contribution in [0.15, 0.2) is 48.7 Å². The van der Waals surface area contributed by atoms with Crippen LogP contribution in [0.4, 0.5) is 0 Å². The number of para-hydroxylation sites is 1. The van der Waals surface area contributed by atoms with E-state index < -0.39 is 11.8 Å². The molecule has 128 valence electrons. The lowest BCUT2D eigenvalue weighted by atomic mass is 9.82. The van der Waals surface area contributed by atoms with Crippen molar-refractivity contribution in [3.8, 4) is 0 Å². The monoisotopic (exact) mass is 335 g/mol. The smallest absolute Gasteiger partial charge is 0.374 e. The molecule has 0 aliphatic heterocycles.